The Kier molecular flexibility index (Phi) is 2.96. The van der Waals surface area contributed by atoms with Crippen LogP contribution in [-0.4, -0.2) is 16.3 Å². The number of fused-ring (bicyclic) bond motifs is 1. The van der Waals surface area contributed by atoms with Gasteiger partial charge in [-0.25, -0.2) is 0 Å². The number of phenols is 1. The maximum absolute atomic E-state index is 9.80. The molecule has 0 unspecified atom stereocenters. The van der Waals surface area contributed by atoms with Gasteiger partial charge in [0.15, 0.2) is 0 Å². The first-order chi connectivity index (χ1) is 7.18. The smallest absolute Gasteiger partial charge is 0.119 e. The second-order valence-electron chi connectivity index (χ2n) is 4.46. The molecule has 15 heavy (non-hydrogen) atoms. The lowest BCUT2D eigenvalue weighted by Crippen LogP contribution is -2.11. The van der Waals surface area contributed by atoms with Crippen molar-refractivity contribution in [3.63, 3.8) is 0 Å². The average Bonchev–Trinajstić information content (AvgIpc) is 2.22. The van der Waals surface area contributed by atoms with E-state index in [1.165, 1.54) is 24.0 Å². The average molecular weight is 206 g/mol. The van der Waals surface area contributed by atoms with E-state index in [4.69, 9.17) is 0 Å². The number of aromatic hydroxyl groups is 1. The molecule has 0 saturated heterocycles. The van der Waals surface area contributed by atoms with Crippen LogP contribution in [0.4, 0.5) is 0 Å². The summed E-state index contributed by atoms with van der Waals surface area (Å²) in [5, 5.41) is 19.2. The van der Waals surface area contributed by atoms with E-state index >= 15 is 0 Å². The number of hydrogen-bond acceptors (Lipinski definition) is 2. The Bertz CT molecular complexity index is 356. The molecule has 1 aromatic carbocycles. The number of phenolic OH excluding ortho intramolecular Hbond substituents is 1. The summed E-state index contributed by atoms with van der Waals surface area (Å²) in [6, 6.07) is 3.79. The van der Waals surface area contributed by atoms with E-state index in [0.717, 1.165) is 18.4 Å². The van der Waals surface area contributed by atoms with Gasteiger partial charge >= 0.3 is 0 Å². The van der Waals surface area contributed by atoms with Crippen molar-refractivity contribution in [3.05, 3.63) is 28.8 Å². The van der Waals surface area contributed by atoms with E-state index in [-0.39, 0.29) is 6.10 Å². The van der Waals surface area contributed by atoms with Crippen molar-refractivity contribution in [1.82, 2.24) is 0 Å². The number of aliphatic hydroxyl groups excluding tert-OH is 1. The molecule has 1 atom stereocenters. The van der Waals surface area contributed by atoms with Gasteiger partial charge in [-0.3, -0.25) is 0 Å². The van der Waals surface area contributed by atoms with E-state index < -0.39 is 0 Å². The van der Waals surface area contributed by atoms with Gasteiger partial charge in [-0.15, -0.1) is 0 Å². The molecule has 2 nitrogen and oxygen atoms in total. The zero-order chi connectivity index (χ0) is 10.8. The van der Waals surface area contributed by atoms with Gasteiger partial charge in [0.1, 0.15) is 5.75 Å². The molecule has 2 rings (SSSR count). The molecule has 0 amide bonds. The number of rotatable bonds is 2. The van der Waals surface area contributed by atoms with Crippen LogP contribution in [0.2, 0.25) is 0 Å². The quantitative estimate of drug-likeness (QED) is 0.778. The first kappa shape index (κ1) is 10.5. The maximum atomic E-state index is 9.80. The summed E-state index contributed by atoms with van der Waals surface area (Å²) in [7, 11) is 0. The number of aliphatic hydroxyl groups is 1. The molecule has 1 aliphatic rings. The molecule has 1 aromatic rings. The van der Waals surface area contributed by atoms with E-state index in [9.17, 15) is 10.2 Å². The van der Waals surface area contributed by atoms with Crippen LogP contribution in [-0.2, 0) is 19.3 Å². The lowest BCUT2D eigenvalue weighted by molar-refractivity contribution is 0.194. The maximum Gasteiger partial charge on any atom is 0.119 e. The summed E-state index contributed by atoms with van der Waals surface area (Å²) in [5.74, 6) is 0.344. The molecule has 0 fully saturated rings. The van der Waals surface area contributed by atoms with Crippen LogP contribution < -0.4 is 0 Å². The van der Waals surface area contributed by atoms with Crippen molar-refractivity contribution in [1.29, 1.82) is 0 Å². The number of hydrogen-bond donors (Lipinski definition) is 2. The highest BCUT2D eigenvalue weighted by molar-refractivity contribution is 5.45. The summed E-state index contributed by atoms with van der Waals surface area (Å²) in [6.07, 6.45) is 4.78. The molecule has 0 heterocycles. The number of aryl methyl sites for hydroxylation is 1. The Labute approximate surface area is 90.6 Å². The van der Waals surface area contributed by atoms with Gasteiger partial charge in [-0.05, 0) is 55.4 Å². The summed E-state index contributed by atoms with van der Waals surface area (Å²) < 4.78 is 0. The molecule has 0 radical (unpaired) electrons. The Balaban J connectivity index is 2.41. The molecule has 0 aliphatic heterocycles. The monoisotopic (exact) mass is 206 g/mol. The van der Waals surface area contributed by atoms with Crippen molar-refractivity contribution >= 4 is 0 Å². The van der Waals surface area contributed by atoms with Crippen molar-refractivity contribution in [2.45, 2.75) is 45.1 Å². The Morgan fingerprint density at radius 1 is 1.27 bits per heavy atom. The largest absolute Gasteiger partial charge is 0.508 e. The van der Waals surface area contributed by atoms with Crippen LogP contribution in [0.25, 0.3) is 0 Å². The van der Waals surface area contributed by atoms with Crippen LogP contribution in [0.15, 0.2) is 12.1 Å². The Morgan fingerprint density at radius 3 is 2.73 bits per heavy atom. The first-order valence-electron chi connectivity index (χ1n) is 5.69. The van der Waals surface area contributed by atoms with Gasteiger partial charge in [0.25, 0.3) is 0 Å². The van der Waals surface area contributed by atoms with E-state index in [1.54, 1.807) is 13.0 Å². The van der Waals surface area contributed by atoms with Gasteiger partial charge in [0.05, 0.1) is 6.10 Å². The van der Waals surface area contributed by atoms with Crippen molar-refractivity contribution in [2.75, 3.05) is 0 Å². The van der Waals surface area contributed by atoms with Gasteiger partial charge in [-0.2, -0.15) is 0 Å². The summed E-state index contributed by atoms with van der Waals surface area (Å²) in [6.45, 7) is 1.77. The third-order valence-corrected chi connectivity index (χ3v) is 3.13. The van der Waals surface area contributed by atoms with Crippen LogP contribution in [0.3, 0.4) is 0 Å². The second kappa shape index (κ2) is 4.23. The Morgan fingerprint density at radius 2 is 2.00 bits per heavy atom. The van der Waals surface area contributed by atoms with Crippen LogP contribution in [0.1, 0.15) is 36.5 Å². The Hall–Kier alpha value is -1.02. The fourth-order valence-electron chi connectivity index (χ4n) is 2.42. The first-order valence-corrected chi connectivity index (χ1v) is 5.69. The topological polar surface area (TPSA) is 40.5 Å². The van der Waals surface area contributed by atoms with Gasteiger partial charge < -0.3 is 10.2 Å². The molecule has 82 valence electrons. The van der Waals surface area contributed by atoms with Gasteiger partial charge in [-0.1, -0.05) is 6.07 Å². The van der Waals surface area contributed by atoms with Crippen LogP contribution in [0.5, 0.6) is 5.75 Å². The lowest BCUT2D eigenvalue weighted by Gasteiger charge is -2.21. The summed E-state index contributed by atoms with van der Waals surface area (Å²) >= 11 is 0. The van der Waals surface area contributed by atoms with E-state index in [0.29, 0.717) is 12.2 Å². The summed E-state index contributed by atoms with van der Waals surface area (Å²) in [4.78, 5) is 0. The third-order valence-electron chi connectivity index (χ3n) is 3.13. The minimum absolute atomic E-state index is 0.344. The minimum Gasteiger partial charge on any atom is -0.508 e. The standard InChI is InChI=1S/C13H18O2/c1-9(14)8-12-11-5-3-2-4-10(11)6-7-13(12)15/h6-7,9,14-15H,2-5,8H2,1H3/t9-/m1/s1. The fraction of sp³-hybridized carbons (Fsp3) is 0.538. The predicted octanol–water partition coefficient (Wildman–Crippen LogP) is 2.19. The molecule has 0 bridgehead atoms. The molecule has 0 spiro atoms. The van der Waals surface area contributed by atoms with Crippen molar-refractivity contribution < 1.29 is 10.2 Å². The highest BCUT2D eigenvalue weighted by atomic mass is 16.3. The second-order valence-corrected chi connectivity index (χ2v) is 4.46. The zero-order valence-corrected chi connectivity index (χ0v) is 9.16. The normalized spacial score (nSPS) is 17.2. The zero-order valence-electron chi connectivity index (χ0n) is 9.16. The molecule has 0 aromatic heterocycles. The minimum atomic E-state index is -0.385. The highest BCUT2D eigenvalue weighted by Gasteiger charge is 2.17. The SMILES string of the molecule is C[C@@H](O)Cc1c(O)ccc2c1CCCC2. The lowest BCUT2D eigenvalue weighted by atomic mass is 9.86. The van der Waals surface area contributed by atoms with E-state index in [1.807, 2.05) is 6.07 Å². The molecule has 2 heteroatoms. The van der Waals surface area contributed by atoms with Crippen LogP contribution >= 0.6 is 0 Å². The molecule has 2 N–H and O–H groups in total. The molecule has 1 aliphatic carbocycles. The van der Waals surface area contributed by atoms with E-state index in [2.05, 4.69) is 0 Å². The van der Waals surface area contributed by atoms with Crippen molar-refractivity contribution in [3.8, 4) is 5.75 Å². The van der Waals surface area contributed by atoms with Gasteiger partial charge in [0.2, 0.25) is 0 Å². The third kappa shape index (κ3) is 2.15. The summed E-state index contributed by atoms with van der Waals surface area (Å²) in [5.41, 5.74) is 3.60. The van der Waals surface area contributed by atoms with Gasteiger partial charge in [0, 0.05) is 6.42 Å². The molecule has 0 saturated carbocycles. The molecular formula is C13H18O2. The number of benzene rings is 1. The predicted molar refractivity (Wildman–Crippen MR) is 60.1 cm³/mol. The fourth-order valence-corrected chi connectivity index (χ4v) is 2.42. The van der Waals surface area contributed by atoms with Crippen LogP contribution in [0, 0.1) is 0 Å². The highest BCUT2D eigenvalue weighted by Crippen LogP contribution is 2.31. The van der Waals surface area contributed by atoms with Crippen molar-refractivity contribution in [2.24, 2.45) is 0 Å². The molecular weight excluding hydrogens is 188 g/mol.